The molecule has 0 bridgehead atoms. The summed E-state index contributed by atoms with van der Waals surface area (Å²) in [4.78, 5) is 16.5. The van der Waals surface area contributed by atoms with E-state index >= 15 is 0 Å². The molecule has 1 amide bonds. The summed E-state index contributed by atoms with van der Waals surface area (Å²) < 4.78 is 13.2. The van der Waals surface area contributed by atoms with Crippen molar-refractivity contribution in [2.45, 2.75) is 31.8 Å². The molecule has 4 nitrogen and oxygen atoms in total. The first-order valence-electron chi connectivity index (χ1n) is 8.62. The highest BCUT2D eigenvalue weighted by molar-refractivity contribution is 5.78. The van der Waals surface area contributed by atoms with E-state index in [2.05, 4.69) is 11.5 Å². The standard InChI is InChI=1S/C19H27FN2O2/c1-2-3-8-18(23)15-21-9-5-10-22(12-11-21)19(24)14-16-6-4-7-17(20)13-16/h2,4,6-7,13,18,23H,1,3,5,8-12,14-15H2. The zero-order chi connectivity index (χ0) is 17.4. The Balaban J connectivity index is 1.81. The van der Waals surface area contributed by atoms with Crippen LogP contribution in [-0.2, 0) is 11.2 Å². The summed E-state index contributed by atoms with van der Waals surface area (Å²) in [5.74, 6) is -0.273. The number of β-amino-alcohol motifs (C(OH)–C–C–N with tert-alkyl or cyclic N) is 1. The van der Waals surface area contributed by atoms with Gasteiger partial charge in [0.1, 0.15) is 5.82 Å². The number of hydrogen-bond donors (Lipinski definition) is 1. The van der Waals surface area contributed by atoms with Gasteiger partial charge in [-0.15, -0.1) is 6.58 Å². The van der Waals surface area contributed by atoms with Gasteiger partial charge in [-0.25, -0.2) is 4.39 Å². The molecular formula is C19H27FN2O2. The summed E-state index contributed by atoms with van der Waals surface area (Å²) in [7, 11) is 0. The van der Waals surface area contributed by atoms with E-state index in [9.17, 15) is 14.3 Å². The monoisotopic (exact) mass is 334 g/mol. The number of aliphatic hydroxyl groups is 1. The number of hydrogen-bond acceptors (Lipinski definition) is 3. The molecular weight excluding hydrogens is 307 g/mol. The Morgan fingerprint density at radius 1 is 1.33 bits per heavy atom. The largest absolute Gasteiger partial charge is 0.392 e. The average Bonchev–Trinajstić information content (AvgIpc) is 2.78. The molecule has 2 rings (SSSR count). The van der Waals surface area contributed by atoms with Crippen LogP contribution >= 0.6 is 0 Å². The lowest BCUT2D eigenvalue weighted by Crippen LogP contribution is -2.38. The van der Waals surface area contributed by atoms with E-state index in [0.717, 1.165) is 32.4 Å². The maximum absolute atomic E-state index is 13.2. The first-order chi connectivity index (χ1) is 11.6. The lowest BCUT2D eigenvalue weighted by atomic mass is 10.1. The fraction of sp³-hybridized carbons (Fsp3) is 0.526. The predicted molar refractivity (Wildman–Crippen MR) is 93.2 cm³/mol. The Hall–Kier alpha value is -1.72. The smallest absolute Gasteiger partial charge is 0.227 e. The SMILES string of the molecule is C=CCCC(O)CN1CCCN(C(=O)Cc2cccc(F)c2)CC1. The second kappa shape index (κ2) is 9.55. The fourth-order valence-corrected chi connectivity index (χ4v) is 3.04. The summed E-state index contributed by atoms with van der Waals surface area (Å²) >= 11 is 0. The molecule has 5 heteroatoms. The molecule has 24 heavy (non-hydrogen) atoms. The number of halogens is 1. The van der Waals surface area contributed by atoms with Crippen molar-refractivity contribution >= 4 is 5.91 Å². The summed E-state index contributed by atoms with van der Waals surface area (Å²) in [6.45, 7) is 7.33. The Bertz CT molecular complexity index is 550. The van der Waals surface area contributed by atoms with Gasteiger partial charge in [0.2, 0.25) is 5.91 Å². The van der Waals surface area contributed by atoms with E-state index in [0.29, 0.717) is 25.2 Å². The Kier molecular flexibility index (Phi) is 7.40. The number of allylic oxidation sites excluding steroid dienone is 1. The van der Waals surface area contributed by atoms with Gasteiger partial charge in [-0.2, -0.15) is 0 Å². The molecule has 0 aromatic heterocycles. The van der Waals surface area contributed by atoms with Gasteiger partial charge in [-0.1, -0.05) is 18.2 Å². The van der Waals surface area contributed by atoms with Gasteiger partial charge >= 0.3 is 0 Å². The topological polar surface area (TPSA) is 43.8 Å². The maximum Gasteiger partial charge on any atom is 0.227 e. The predicted octanol–water partition coefficient (Wildman–Crippen LogP) is 2.23. The molecule has 1 unspecified atom stereocenters. The van der Waals surface area contributed by atoms with Crippen LogP contribution in [0.15, 0.2) is 36.9 Å². The zero-order valence-corrected chi connectivity index (χ0v) is 14.2. The average molecular weight is 334 g/mol. The lowest BCUT2D eigenvalue weighted by Gasteiger charge is -2.24. The lowest BCUT2D eigenvalue weighted by molar-refractivity contribution is -0.130. The molecule has 0 aliphatic carbocycles. The third kappa shape index (κ3) is 6.06. The van der Waals surface area contributed by atoms with Crippen LogP contribution in [0.5, 0.6) is 0 Å². The molecule has 1 heterocycles. The Morgan fingerprint density at radius 3 is 2.92 bits per heavy atom. The number of benzene rings is 1. The van der Waals surface area contributed by atoms with Crippen LogP contribution in [0.25, 0.3) is 0 Å². The molecule has 0 radical (unpaired) electrons. The van der Waals surface area contributed by atoms with Gasteiger partial charge in [-0.05, 0) is 43.5 Å². The molecule has 1 N–H and O–H groups in total. The van der Waals surface area contributed by atoms with Crippen LogP contribution in [0.4, 0.5) is 4.39 Å². The van der Waals surface area contributed by atoms with Crippen molar-refractivity contribution in [3.05, 3.63) is 48.3 Å². The van der Waals surface area contributed by atoms with Gasteiger partial charge in [0.25, 0.3) is 0 Å². The molecule has 1 atom stereocenters. The van der Waals surface area contributed by atoms with Gasteiger partial charge in [0, 0.05) is 26.2 Å². The van der Waals surface area contributed by atoms with Gasteiger partial charge in [-0.3, -0.25) is 9.69 Å². The summed E-state index contributed by atoms with van der Waals surface area (Å²) in [5, 5.41) is 10.0. The molecule has 1 aromatic rings. The van der Waals surface area contributed by atoms with Crippen molar-refractivity contribution in [2.24, 2.45) is 0 Å². The number of carbonyl (C=O) groups excluding carboxylic acids is 1. The quantitative estimate of drug-likeness (QED) is 0.778. The van der Waals surface area contributed by atoms with Crippen LogP contribution in [-0.4, -0.2) is 59.6 Å². The van der Waals surface area contributed by atoms with Crippen molar-refractivity contribution in [3.63, 3.8) is 0 Å². The highest BCUT2D eigenvalue weighted by Crippen LogP contribution is 2.10. The minimum atomic E-state index is -0.349. The van der Waals surface area contributed by atoms with Crippen molar-refractivity contribution in [1.82, 2.24) is 9.80 Å². The first-order valence-corrected chi connectivity index (χ1v) is 8.62. The number of carbonyl (C=O) groups is 1. The highest BCUT2D eigenvalue weighted by Gasteiger charge is 2.20. The Morgan fingerprint density at radius 2 is 2.17 bits per heavy atom. The fourth-order valence-electron chi connectivity index (χ4n) is 3.04. The second-order valence-corrected chi connectivity index (χ2v) is 6.36. The number of aliphatic hydroxyl groups excluding tert-OH is 1. The van der Waals surface area contributed by atoms with E-state index in [1.807, 2.05) is 11.0 Å². The van der Waals surface area contributed by atoms with Crippen molar-refractivity contribution in [1.29, 1.82) is 0 Å². The second-order valence-electron chi connectivity index (χ2n) is 6.36. The minimum absolute atomic E-state index is 0.0367. The normalized spacial score (nSPS) is 17.3. The molecule has 1 saturated heterocycles. The van der Waals surface area contributed by atoms with E-state index < -0.39 is 0 Å². The van der Waals surface area contributed by atoms with Crippen molar-refractivity contribution in [2.75, 3.05) is 32.7 Å². The highest BCUT2D eigenvalue weighted by atomic mass is 19.1. The summed E-state index contributed by atoms with van der Waals surface area (Å²) in [5.41, 5.74) is 0.709. The molecule has 1 aliphatic heterocycles. The number of amides is 1. The molecule has 1 fully saturated rings. The molecule has 0 saturated carbocycles. The molecule has 132 valence electrons. The van der Waals surface area contributed by atoms with Crippen molar-refractivity contribution < 1.29 is 14.3 Å². The molecule has 1 aromatic carbocycles. The first kappa shape index (κ1) is 18.6. The van der Waals surface area contributed by atoms with Crippen molar-refractivity contribution in [3.8, 4) is 0 Å². The minimum Gasteiger partial charge on any atom is -0.392 e. The van der Waals surface area contributed by atoms with E-state index in [1.54, 1.807) is 12.1 Å². The number of rotatable bonds is 7. The van der Waals surface area contributed by atoms with Crippen LogP contribution < -0.4 is 0 Å². The van der Waals surface area contributed by atoms with E-state index in [-0.39, 0.29) is 24.2 Å². The van der Waals surface area contributed by atoms with Crippen LogP contribution in [0.3, 0.4) is 0 Å². The van der Waals surface area contributed by atoms with E-state index in [1.165, 1.54) is 12.1 Å². The van der Waals surface area contributed by atoms with Crippen LogP contribution in [0.2, 0.25) is 0 Å². The molecule has 1 aliphatic rings. The van der Waals surface area contributed by atoms with Gasteiger partial charge < -0.3 is 10.0 Å². The summed E-state index contributed by atoms with van der Waals surface area (Å²) in [6.07, 6.45) is 4.13. The van der Waals surface area contributed by atoms with Gasteiger partial charge in [0.15, 0.2) is 0 Å². The maximum atomic E-state index is 13.2. The third-order valence-corrected chi connectivity index (χ3v) is 4.36. The Labute approximate surface area is 143 Å². The van der Waals surface area contributed by atoms with E-state index in [4.69, 9.17) is 0 Å². The molecule has 0 spiro atoms. The zero-order valence-electron chi connectivity index (χ0n) is 14.2. The van der Waals surface area contributed by atoms with Crippen LogP contribution in [0.1, 0.15) is 24.8 Å². The van der Waals surface area contributed by atoms with Crippen LogP contribution in [0, 0.1) is 5.82 Å². The van der Waals surface area contributed by atoms with Gasteiger partial charge in [0.05, 0.1) is 12.5 Å². The number of nitrogens with zero attached hydrogens (tertiary/aromatic N) is 2. The summed E-state index contributed by atoms with van der Waals surface area (Å²) in [6, 6.07) is 6.21. The third-order valence-electron chi connectivity index (χ3n) is 4.36.